The van der Waals surface area contributed by atoms with Gasteiger partial charge in [0.2, 0.25) is 0 Å². The zero-order valence-electron chi connectivity index (χ0n) is 18.8. The maximum Gasteiger partial charge on any atom is 1.00 e. The van der Waals surface area contributed by atoms with Crippen molar-refractivity contribution in [3.63, 3.8) is 0 Å². The molecule has 0 aromatic heterocycles. The molecule has 0 fully saturated rings. The molecule has 0 saturated heterocycles. The molecule has 0 aliphatic carbocycles. The van der Waals surface area contributed by atoms with E-state index >= 15 is 0 Å². The third-order valence-electron chi connectivity index (χ3n) is 4.57. The minimum Gasteiger partial charge on any atom is -0.496 e. The van der Waals surface area contributed by atoms with Crippen molar-refractivity contribution in [1.82, 2.24) is 0 Å². The van der Waals surface area contributed by atoms with Crippen LogP contribution < -0.4 is 33.6 Å². The average molecular weight is 406 g/mol. The molecule has 0 atom stereocenters. The largest absolute Gasteiger partial charge is 1.00 e. The number of carbonyl (C=O) groups is 1. The van der Waals surface area contributed by atoms with Gasteiger partial charge in [0.25, 0.3) is 0 Å². The number of hydrogen-bond donors (Lipinski definition) is 0. The van der Waals surface area contributed by atoms with Crippen molar-refractivity contribution in [2.75, 3.05) is 13.2 Å². The van der Waals surface area contributed by atoms with Crippen LogP contribution in [-0.4, -0.2) is 18.7 Å². The number of ether oxygens (including phenoxy) is 2. The minimum absolute atomic E-state index is 0. The average Bonchev–Trinajstić information content (AvgIpc) is 2.63. The third kappa shape index (κ3) is 7.82. The molecule has 0 unspecified atom stereocenters. The molecule has 2 aromatic rings. The molecule has 29 heavy (non-hydrogen) atoms. The molecule has 0 spiro atoms. The van der Waals surface area contributed by atoms with Gasteiger partial charge in [-0.15, -0.1) is 0 Å². The van der Waals surface area contributed by atoms with E-state index in [0.29, 0.717) is 21.8 Å². The normalized spacial score (nSPS) is 10.8. The maximum atomic E-state index is 13.0. The Kier molecular flexibility index (Phi) is 11.7. The van der Waals surface area contributed by atoms with Crippen LogP contribution in [0.25, 0.3) is 0 Å². The molecule has 0 N–H and O–H groups in total. The van der Waals surface area contributed by atoms with Crippen LogP contribution in [0.4, 0.5) is 0 Å². The molecule has 0 bridgehead atoms. The second-order valence-corrected chi connectivity index (χ2v) is 8.34. The van der Waals surface area contributed by atoms with Crippen LogP contribution in [0, 0.1) is 20.8 Å². The summed E-state index contributed by atoms with van der Waals surface area (Å²) in [4.78, 5) is 13.0. The van der Waals surface area contributed by atoms with E-state index in [2.05, 4.69) is 32.9 Å². The summed E-state index contributed by atoms with van der Waals surface area (Å²) in [7, 11) is 0.634. The van der Waals surface area contributed by atoms with E-state index in [1.54, 1.807) is 0 Å². The maximum absolute atomic E-state index is 13.0. The minimum atomic E-state index is 0. The number of rotatable bonds is 11. The molecular formula is C24H32LiO3P. The van der Waals surface area contributed by atoms with Crippen molar-refractivity contribution >= 4 is 19.4 Å². The van der Waals surface area contributed by atoms with Gasteiger partial charge < -0.3 is 22.8 Å². The fraction of sp³-hybridized carbons (Fsp3) is 0.458. The molecule has 0 amide bonds. The van der Waals surface area contributed by atoms with Crippen LogP contribution >= 0.6 is 8.58 Å². The Morgan fingerprint density at radius 2 is 1.48 bits per heavy atom. The predicted molar refractivity (Wildman–Crippen MR) is 119 cm³/mol. The summed E-state index contributed by atoms with van der Waals surface area (Å²) < 4.78 is 11.8. The number of aryl methyl sites for hydroxylation is 3. The topological polar surface area (TPSA) is 35.5 Å². The standard InChI is InChI=1S/C24H32O3P.Li/c1-6-8-12-26-20-10-11-22(21(16-20)27-13-9-7-2)28-24(25)23-18(4)14-17(3)15-19(23)5;/h10-11,14-16H,6-9,12-13H2,1-5H3;/q-1;+1. The van der Waals surface area contributed by atoms with Crippen molar-refractivity contribution in [1.29, 1.82) is 0 Å². The summed E-state index contributed by atoms with van der Waals surface area (Å²) in [6, 6.07) is 9.96. The van der Waals surface area contributed by atoms with Crippen molar-refractivity contribution < 1.29 is 33.1 Å². The smallest absolute Gasteiger partial charge is 0.496 e. The van der Waals surface area contributed by atoms with Gasteiger partial charge in [0, 0.05) is 11.6 Å². The Morgan fingerprint density at radius 3 is 2.07 bits per heavy atom. The van der Waals surface area contributed by atoms with Gasteiger partial charge in [-0.1, -0.05) is 50.5 Å². The Hall–Kier alpha value is -1.26. The molecule has 0 aliphatic heterocycles. The van der Waals surface area contributed by atoms with Gasteiger partial charge >= 0.3 is 18.9 Å². The first-order valence-electron chi connectivity index (χ1n) is 10.2. The van der Waals surface area contributed by atoms with Gasteiger partial charge in [-0.2, -0.15) is 5.30 Å². The zero-order chi connectivity index (χ0) is 20.5. The van der Waals surface area contributed by atoms with Crippen molar-refractivity contribution in [3.8, 4) is 11.5 Å². The molecule has 0 aliphatic rings. The van der Waals surface area contributed by atoms with Crippen LogP contribution in [0.1, 0.15) is 66.6 Å². The number of carbonyl (C=O) groups excluding carboxylic acids is 1. The number of hydrogen-bond acceptors (Lipinski definition) is 3. The van der Waals surface area contributed by atoms with E-state index in [1.807, 2.05) is 32.0 Å². The van der Waals surface area contributed by atoms with Gasteiger partial charge in [0.05, 0.1) is 19.0 Å². The Bertz CT molecular complexity index is 782. The van der Waals surface area contributed by atoms with E-state index in [0.717, 1.165) is 59.2 Å². The zero-order valence-corrected chi connectivity index (χ0v) is 19.7. The molecule has 0 heterocycles. The first kappa shape index (κ1) is 25.8. The summed E-state index contributed by atoms with van der Waals surface area (Å²) in [5.41, 5.74) is 4.16. The molecule has 152 valence electrons. The van der Waals surface area contributed by atoms with Crippen LogP contribution in [-0.2, 0) is 0 Å². The molecule has 2 aromatic carbocycles. The molecule has 0 radical (unpaired) electrons. The fourth-order valence-electron chi connectivity index (χ4n) is 3.14. The van der Waals surface area contributed by atoms with Gasteiger partial charge in [0.15, 0.2) is 0 Å². The second kappa shape index (κ2) is 13.1. The summed E-state index contributed by atoms with van der Waals surface area (Å²) in [6.45, 7) is 11.7. The van der Waals surface area contributed by atoms with E-state index in [4.69, 9.17) is 9.47 Å². The summed E-state index contributed by atoms with van der Waals surface area (Å²) in [5.74, 6) is 1.55. The molecule has 2 rings (SSSR count). The fourth-order valence-corrected chi connectivity index (χ4v) is 4.21. The number of benzene rings is 2. The van der Waals surface area contributed by atoms with Crippen molar-refractivity contribution in [3.05, 3.63) is 52.6 Å². The Balaban J connectivity index is 0.00000420. The van der Waals surface area contributed by atoms with Crippen LogP contribution in [0.2, 0.25) is 0 Å². The van der Waals surface area contributed by atoms with Crippen molar-refractivity contribution in [2.45, 2.75) is 60.3 Å². The van der Waals surface area contributed by atoms with E-state index in [9.17, 15) is 4.79 Å². The summed E-state index contributed by atoms with van der Waals surface area (Å²) >= 11 is 0. The van der Waals surface area contributed by atoms with Crippen LogP contribution in [0.15, 0.2) is 30.3 Å². The predicted octanol–water partition coefficient (Wildman–Crippen LogP) is 3.39. The third-order valence-corrected chi connectivity index (χ3v) is 5.60. The van der Waals surface area contributed by atoms with Gasteiger partial charge in [-0.25, -0.2) is 0 Å². The SMILES string of the molecule is CCCCOc1ccc([P-]C(=O)c2c(C)cc(C)cc2C)c(OCCCC)c1.[Li+]. The molecule has 3 nitrogen and oxygen atoms in total. The first-order chi connectivity index (χ1) is 13.5. The van der Waals surface area contributed by atoms with Crippen LogP contribution in [0.3, 0.4) is 0 Å². The van der Waals surface area contributed by atoms with Crippen molar-refractivity contribution in [2.24, 2.45) is 0 Å². The Labute approximate surface area is 189 Å². The van der Waals surface area contributed by atoms with E-state index < -0.39 is 0 Å². The molecule has 5 heteroatoms. The van der Waals surface area contributed by atoms with Crippen LogP contribution in [0.5, 0.6) is 11.5 Å². The van der Waals surface area contributed by atoms with Gasteiger partial charge in [0.1, 0.15) is 5.75 Å². The molecular weight excluding hydrogens is 374 g/mol. The number of unbranched alkanes of at least 4 members (excludes halogenated alkanes) is 2. The summed E-state index contributed by atoms with van der Waals surface area (Å²) in [6.07, 6.45) is 4.18. The monoisotopic (exact) mass is 406 g/mol. The second-order valence-electron chi connectivity index (χ2n) is 7.22. The van der Waals surface area contributed by atoms with E-state index in [1.165, 1.54) is 5.56 Å². The summed E-state index contributed by atoms with van der Waals surface area (Å²) in [5, 5.41) is 0.892. The van der Waals surface area contributed by atoms with Gasteiger partial charge in [-0.3, -0.25) is 0 Å². The van der Waals surface area contributed by atoms with E-state index in [-0.39, 0.29) is 24.4 Å². The molecule has 0 saturated carbocycles. The Morgan fingerprint density at radius 1 is 0.897 bits per heavy atom. The quantitative estimate of drug-likeness (QED) is 0.326. The van der Waals surface area contributed by atoms with Gasteiger partial charge in [-0.05, 0) is 56.4 Å². The first-order valence-corrected chi connectivity index (χ1v) is 11.1.